The second-order valence-electron chi connectivity index (χ2n) is 7.34. The van der Waals surface area contributed by atoms with Crippen molar-refractivity contribution in [3.63, 3.8) is 0 Å². The largest absolute Gasteiger partial charge is 0.507 e. The monoisotopic (exact) mass is 362 g/mol. The van der Waals surface area contributed by atoms with Gasteiger partial charge in [-0.25, -0.2) is 0 Å². The minimum Gasteiger partial charge on any atom is -0.507 e. The van der Waals surface area contributed by atoms with Crippen molar-refractivity contribution in [1.29, 1.82) is 0 Å². The van der Waals surface area contributed by atoms with Gasteiger partial charge >= 0.3 is 0 Å². The van der Waals surface area contributed by atoms with E-state index >= 15 is 0 Å². The van der Waals surface area contributed by atoms with Crippen molar-refractivity contribution >= 4 is 61.3 Å². The Morgan fingerprint density at radius 2 is 1.50 bits per heavy atom. The first-order valence-electron chi connectivity index (χ1n) is 6.94. The Morgan fingerprint density at radius 1 is 1.05 bits per heavy atom. The van der Waals surface area contributed by atoms with Gasteiger partial charge in [0, 0.05) is 54.4 Å². The third-order valence-electron chi connectivity index (χ3n) is 3.41. The summed E-state index contributed by atoms with van der Waals surface area (Å²) in [6, 6.07) is 4.04. The Balaban J connectivity index is 0.00000242. The third kappa shape index (κ3) is 4.32. The normalized spacial score (nSPS) is 12.1. The van der Waals surface area contributed by atoms with Gasteiger partial charge < -0.3 is 5.11 Å². The van der Waals surface area contributed by atoms with E-state index in [4.69, 9.17) is 12.2 Å². The van der Waals surface area contributed by atoms with Crippen molar-refractivity contribution < 1.29 is 5.11 Å². The first kappa shape index (κ1) is 20.1. The van der Waals surface area contributed by atoms with E-state index in [9.17, 15) is 5.11 Å². The number of phenols is 1. The summed E-state index contributed by atoms with van der Waals surface area (Å²) in [7, 11) is 0. The first-order chi connectivity index (χ1) is 9.50. The molecule has 2 aromatic rings. The molecule has 22 heavy (non-hydrogen) atoms. The van der Waals surface area contributed by atoms with Crippen molar-refractivity contribution in [2.45, 2.75) is 52.4 Å². The van der Waals surface area contributed by atoms with E-state index in [2.05, 4.69) is 51.7 Å². The fourth-order valence-corrected chi connectivity index (χ4v) is 3.13. The van der Waals surface area contributed by atoms with Crippen molar-refractivity contribution in [1.82, 2.24) is 10.2 Å². The molecule has 2 rings (SSSR count). The van der Waals surface area contributed by atoms with Crippen molar-refractivity contribution in [3.05, 3.63) is 27.2 Å². The molecule has 1 heterocycles. The summed E-state index contributed by atoms with van der Waals surface area (Å²) < 4.78 is 0.660. The molecule has 0 spiro atoms. The standard InChI is InChI=1S/C16H22N2OS2.Ca/c1-15(2,3)10-7-9(13-17-18-14(20)21-13)8-11(12(10)19)16(4,5)6;/h7-8,19H,1-6H3,(H,18,20);. The zero-order valence-electron chi connectivity index (χ0n) is 14.1. The van der Waals surface area contributed by atoms with Crippen LogP contribution in [0.3, 0.4) is 0 Å². The van der Waals surface area contributed by atoms with Crippen LogP contribution in [0.4, 0.5) is 0 Å². The van der Waals surface area contributed by atoms with Gasteiger partial charge in [-0.05, 0) is 35.2 Å². The van der Waals surface area contributed by atoms with E-state index in [1.54, 1.807) is 0 Å². The maximum absolute atomic E-state index is 10.7. The summed E-state index contributed by atoms with van der Waals surface area (Å²) in [6.07, 6.45) is 0. The van der Waals surface area contributed by atoms with E-state index in [0.717, 1.165) is 21.7 Å². The van der Waals surface area contributed by atoms with Gasteiger partial charge in [0.1, 0.15) is 10.8 Å². The van der Waals surface area contributed by atoms with Crippen LogP contribution in [-0.4, -0.2) is 53.0 Å². The topological polar surface area (TPSA) is 48.9 Å². The van der Waals surface area contributed by atoms with Crippen molar-refractivity contribution in [3.8, 4) is 16.3 Å². The summed E-state index contributed by atoms with van der Waals surface area (Å²) in [4.78, 5) is 0. The summed E-state index contributed by atoms with van der Waals surface area (Å²) in [5.41, 5.74) is 2.59. The van der Waals surface area contributed by atoms with Gasteiger partial charge in [-0.3, -0.25) is 5.10 Å². The fraction of sp³-hybridized carbons (Fsp3) is 0.500. The Labute approximate surface area is 171 Å². The minimum atomic E-state index is -0.141. The van der Waals surface area contributed by atoms with Crippen LogP contribution in [-0.2, 0) is 10.8 Å². The molecule has 0 fully saturated rings. The molecular formula is C16H22CaN2OS2. The number of hydrogen-bond acceptors (Lipinski definition) is 4. The molecule has 1 aromatic heterocycles. The predicted octanol–water partition coefficient (Wildman–Crippen LogP) is 4.79. The molecule has 116 valence electrons. The molecule has 0 aliphatic rings. The maximum atomic E-state index is 10.7. The molecule has 3 nitrogen and oxygen atoms in total. The van der Waals surface area contributed by atoms with Gasteiger partial charge in [-0.2, -0.15) is 5.10 Å². The minimum absolute atomic E-state index is 0. The molecule has 0 atom stereocenters. The Hall–Kier alpha value is 0.0597. The third-order valence-corrected chi connectivity index (χ3v) is 4.55. The van der Waals surface area contributed by atoms with Gasteiger partial charge in [-0.1, -0.05) is 52.9 Å². The second-order valence-corrected chi connectivity index (χ2v) is 9.00. The number of nitrogens with zero attached hydrogens (tertiary/aromatic N) is 1. The molecule has 0 amide bonds. The van der Waals surface area contributed by atoms with Crippen LogP contribution < -0.4 is 0 Å². The molecule has 0 saturated carbocycles. The Kier molecular flexibility index (Phi) is 6.30. The van der Waals surface area contributed by atoms with Crippen LogP contribution in [0.1, 0.15) is 52.7 Å². The first-order valence-corrected chi connectivity index (χ1v) is 8.16. The van der Waals surface area contributed by atoms with E-state index in [0.29, 0.717) is 9.70 Å². The van der Waals surface area contributed by atoms with Gasteiger partial charge in [-0.15, -0.1) is 0 Å². The van der Waals surface area contributed by atoms with Crippen molar-refractivity contribution in [2.24, 2.45) is 0 Å². The van der Waals surface area contributed by atoms with Gasteiger partial charge in [0.05, 0.1) is 0 Å². The molecule has 0 saturated heterocycles. The van der Waals surface area contributed by atoms with E-state index < -0.39 is 0 Å². The zero-order valence-corrected chi connectivity index (χ0v) is 17.9. The summed E-state index contributed by atoms with van der Waals surface area (Å²) in [6.45, 7) is 12.6. The number of hydrogen-bond donors (Lipinski definition) is 2. The summed E-state index contributed by atoms with van der Waals surface area (Å²) in [5.74, 6) is 0.387. The number of phenolic OH excluding ortho intramolecular Hbond substituents is 1. The molecule has 0 bridgehead atoms. The van der Waals surface area contributed by atoms with Crippen LogP contribution in [0.2, 0.25) is 0 Å². The van der Waals surface area contributed by atoms with Crippen LogP contribution in [0.15, 0.2) is 12.1 Å². The number of rotatable bonds is 1. The Bertz CT molecular complexity index is 686. The Morgan fingerprint density at radius 3 is 1.82 bits per heavy atom. The average molecular weight is 363 g/mol. The summed E-state index contributed by atoms with van der Waals surface area (Å²) >= 11 is 6.57. The average Bonchev–Trinajstić information content (AvgIpc) is 2.73. The molecule has 2 radical (unpaired) electrons. The summed E-state index contributed by atoms with van der Waals surface area (Å²) in [5, 5.41) is 18.6. The number of nitrogens with one attached hydrogen (secondary N) is 1. The van der Waals surface area contributed by atoms with E-state index in [-0.39, 0.29) is 48.6 Å². The van der Waals surface area contributed by atoms with Crippen molar-refractivity contribution in [2.75, 3.05) is 0 Å². The number of aromatic nitrogens is 2. The molecule has 1 aromatic carbocycles. The van der Waals surface area contributed by atoms with E-state index in [1.165, 1.54) is 11.3 Å². The second kappa shape index (κ2) is 6.89. The molecule has 0 aliphatic heterocycles. The molecule has 2 N–H and O–H groups in total. The van der Waals surface area contributed by atoms with E-state index in [1.807, 2.05) is 12.1 Å². The van der Waals surface area contributed by atoms with Gasteiger partial charge in [0.15, 0.2) is 3.95 Å². The molecule has 6 heteroatoms. The number of aromatic amines is 1. The van der Waals surface area contributed by atoms with Crippen LogP contribution in [0, 0.1) is 3.95 Å². The molecule has 0 aliphatic carbocycles. The predicted molar refractivity (Wildman–Crippen MR) is 97.6 cm³/mol. The van der Waals surface area contributed by atoms with Gasteiger partial charge in [0.2, 0.25) is 0 Å². The zero-order chi connectivity index (χ0) is 16.0. The smallest absolute Gasteiger partial charge is 0.176 e. The van der Waals surface area contributed by atoms with Crippen LogP contribution in [0.25, 0.3) is 10.6 Å². The quantitative estimate of drug-likeness (QED) is 0.566. The van der Waals surface area contributed by atoms with Crippen LogP contribution in [0.5, 0.6) is 5.75 Å². The SMILES string of the molecule is CC(C)(C)c1cc(-c2n[nH]c(=S)s2)cc(C(C)(C)C)c1O.[Ca]. The number of aromatic hydroxyl groups is 1. The number of H-pyrrole nitrogens is 1. The molecule has 0 unspecified atom stereocenters. The maximum Gasteiger partial charge on any atom is 0.176 e. The van der Waals surface area contributed by atoms with Gasteiger partial charge in [0.25, 0.3) is 0 Å². The van der Waals surface area contributed by atoms with Crippen LogP contribution >= 0.6 is 23.6 Å². The fourth-order valence-electron chi connectivity index (χ4n) is 2.25. The number of benzene rings is 1. The molecular weight excluding hydrogens is 340 g/mol.